The quantitative estimate of drug-likeness (QED) is 0.0738. The molecule has 1 aromatic heterocycles. The molecule has 4 fully saturated rings. The largest absolute Gasteiger partial charge is 0.477 e. The number of amides is 3. The molecule has 13 nitrogen and oxygen atoms in total. The van der Waals surface area contributed by atoms with Gasteiger partial charge in [-0.25, -0.2) is 9.78 Å². The highest BCUT2D eigenvalue weighted by molar-refractivity contribution is 8.00. The van der Waals surface area contributed by atoms with Crippen LogP contribution in [0.1, 0.15) is 25.0 Å². The first-order valence-corrected chi connectivity index (χ1v) is 14.2. The maximum atomic E-state index is 13.2. The van der Waals surface area contributed by atoms with E-state index in [0.29, 0.717) is 41.6 Å². The van der Waals surface area contributed by atoms with E-state index in [9.17, 15) is 24.3 Å². The second-order valence-corrected chi connectivity index (χ2v) is 12.2. The molecule has 2 atom stereocenters. The van der Waals surface area contributed by atoms with Crippen molar-refractivity contribution in [3.63, 3.8) is 0 Å². The maximum absolute atomic E-state index is 13.2. The lowest BCUT2D eigenvalue weighted by molar-refractivity contribution is -0.940. The molecule has 0 aliphatic carbocycles. The van der Waals surface area contributed by atoms with E-state index in [4.69, 9.17) is 22.7 Å². The van der Waals surface area contributed by atoms with Crippen LogP contribution in [0.4, 0.5) is 5.13 Å². The fraction of sp³-hybridized carbons (Fsp3) is 0.500. The van der Waals surface area contributed by atoms with Crippen LogP contribution in [0.5, 0.6) is 0 Å². The number of carbonyl (C=O) groups excluding carboxylic acids is 3. The van der Waals surface area contributed by atoms with Crippen LogP contribution in [0.25, 0.3) is 0 Å². The molecule has 39 heavy (non-hydrogen) atoms. The number of quaternary nitrogens is 1. The van der Waals surface area contributed by atoms with Gasteiger partial charge in [0.1, 0.15) is 29.4 Å². The number of hydrogen-bond donors (Lipinski definition) is 4. The molecule has 0 unspecified atom stereocenters. The van der Waals surface area contributed by atoms with E-state index in [1.54, 1.807) is 0 Å². The number of thiazole rings is 1. The number of aromatic nitrogens is 1. The number of rotatable bonds is 9. The molecule has 2 bridgehead atoms. The van der Waals surface area contributed by atoms with E-state index in [0.717, 1.165) is 31.0 Å². The first kappa shape index (κ1) is 27.0. The summed E-state index contributed by atoms with van der Waals surface area (Å²) >= 11 is 2.50. The Morgan fingerprint density at radius 3 is 2.59 bits per heavy atom. The van der Waals surface area contributed by atoms with E-state index >= 15 is 0 Å². The number of piperidine rings is 3. The molecule has 0 aromatic carbocycles. The number of terminal acetylenes is 1. The summed E-state index contributed by atoms with van der Waals surface area (Å²) in [6.07, 6.45) is 7.23. The van der Waals surface area contributed by atoms with Gasteiger partial charge in [0.2, 0.25) is 5.91 Å². The Hall–Kier alpha value is -3.61. The molecule has 0 spiro atoms. The van der Waals surface area contributed by atoms with Crippen molar-refractivity contribution >= 4 is 57.6 Å². The van der Waals surface area contributed by atoms with Crippen molar-refractivity contribution in [3.05, 3.63) is 22.3 Å². The SMILES string of the molecule is C#CCON=C(C(=O)N[C@@H]1C(=O)N2C(C(=O)O)=C(C[N+]34CCC(C(N)=O)(CC3)CC4)CS[C@@H]12)c1csc(N)n1. The Morgan fingerprint density at radius 1 is 1.33 bits per heavy atom. The first-order valence-electron chi connectivity index (χ1n) is 12.3. The van der Waals surface area contributed by atoms with E-state index in [1.807, 2.05) is 0 Å². The Labute approximate surface area is 232 Å². The van der Waals surface area contributed by atoms with Crippen molar-refractivity contribution in [2.75, 3.05) is 44.3 Å². The van der Waals surface area contributed by atoms with Gasteiger partial charge in [-0.15, -0.1) is 29.5 Å². The Morgan fingerprint density at radius 2 is 2.03 bits per heavy atom. The highest BCUT2D eigenvalue weighted by atomic mass is 32.2. The number of fused-ring (bicyclic) bond motifs is 4. The lowest BCUT2D eigenvalue weighted by Gasteiger charge is -2.55. The zero-order valence-corrected chi connectivity index (χ0v) is 22.6. The number of nitrogens with zero attached hydrogens (tertiary/aromatic N) is 4. The Bertz CT molecular complexity index is 1320. The van der Waals surface area contributed by atoms with Crippen LogP contribution in [-0.2, 0) is 24.0 Å². The molecule has 5 aliphatic rings. The summed E-state index contributed by atoms with van der Waals surface area (Å²) in [6, 6.07) is -0.958. The summed E-state index contributed by atoms with van der Waals surface area (Å²) < 4.78 is 0.683. The van der Waals surface area contributed by atoms with Crippen molar-refractivity contribution in [2.45, 2.75) is 30.7 Å². The summed E-state index contributed by atoms with van der Waals surface area (Å²) in [7, 11) is 0. The lowest BCUT2D eigenvalue weighted by atomic mass is 9.70. The molecule has 1 aromatic rings. The van der Waals surface area contributed by atoms with Crippen molar-refractivity contribution in [1.29, 1.82) is 0 Å². The fourth-order valence-corrected chi connectivity index (χ4v) is 7.71. The predicted octanol–water partition coefficient (Wildman–Crippen LogP) is -0.696. The number of carboxylic acid groups (broad SMARTS) is 1. The topological polar surface area (TPSA) is 190 Å². The molecule has 0 radical (unpaired) electrons. The number of aliphatic carboxylic acids is 1. The average Bonchev–Trinajstić information content (AvgIpc) is 3.35. The number of anilines is 1. The van der Waals surface area contributed by atoms with Crippen molar-refractivity contribution in [1.82, 2.24) is 15.2 Å². The second-order valence-electron chi connectivity index (χ2n) is 10.2. The van der Waals surface area contributed by atoms with Gasteiger partial charge in [0.15, 0.2) is 17.5 Å². The van der Waals surface area contributed by atoms with Crippen LogP contribution in [-0.4, -0.2) is 98.8 Å². The minimum Gasteiger partial charge on any atom is -0.477 e. The summed E-state index contributed by atoms with van der Waals surface area (Å²) in [5.74, 6) is -0.0458. The monoisotopic (exact) mass is 574 g/mol. The fourth-order valence-electron chi connectivity index (χ4n) is 5.83. The van der Waals surface area contributed by atoms with Crippen LogP contribution in [0.3, 0.4) is 0 Å². The lowest BCUT2D eigenvalue weighted by Crippen LogP contribution is -2.71. The summed E-state index contributed by atoms with van der Waals surface area (Å²) in [5.41, 5.74) is 11.5. The number of hydrogen-bond acceptors (Lipinski definition) is 10. The number of nitrogens with one attached hydrogen (secondary N) is 1. The third kappa shape index (κ3) is 4.72. The van der Waals surface area contributed by atoms with Crippen LogP contribution in [0, 0.1) is 17.8 Å². The summed E-state index contributed by atoms with van der Waals surface area (Å²) in [5, 5.41) is 17.7. The molecular formula is C24H28N7O6S2+. The predicted molar refractivity (Wildman–Crippen MR) is 143 cm³/mol. The van der Waals surface area contributed by atoms with Crippen molar-refractivity contribution < 1.29 is 33.6 Å². The Kier molecular flexibility index (Phi) is 7.04. The van der Waals surface area contributed by atoms with E-state index < -0.39 is 34.6 Å². The molecule has 6 N–H and O–H groups in total. The highest BCUT2D eigenvalue weighted by Crippen LogP contribution is 2.46. The van der Waals surface area contributed by atoms with Gasteiger partial charge in [0, 0.05) is 36.0 Å². The van der Waals surface area contributed by atoms with Crippen LogP contribution >= 0.6 is 23.1 Å². The zero-order valence-electron chi connectivity index (χ0n) is 20.9. The number of nitrogens with two attached hydrogens (primary N) is 2. The summed E-state index contributed by atoms with van der Waals surface area (Å²) in [4.78, 5) is 60.9. The van der Waals surface area contributed by atoms with Crippen molar-refractivity contribution in [2.24, 2.45) is 16.3 Å². The minimum atomic E-state index is -1.19. The number of primary amides is 1. The smallest absolute Gasteiger partial charge is 0.352 e. The van der Waals surface area contributed by atoms with Gasteiger partial charge in [0.25, 0.3) is 11.8 Å². The molecule has 206 valence electrons. The minimum absolute atomic E-state index is 0.0300. The van der Waals surface area contributed by atoms with Gasteiger partial charge >= 0.3 is 5.97 Å². The van der Waals surface area contributed by atoms with Gasteiger partial charge in [-0.2, -0.15) is 0 Å². The van der Waals surface area contributed by atoms with Crippen LogP contribution in [0.15, 0.2) is 21.8 Å². The van der Waals surface area contributed by atoms with E-state index in [2.05, 4.69) is 21.4 Å². The Balaban J connectivity index is 1.32. The van der Waals surface area contributed by atoms with Gasteiger partial charge in [-0.05, 0) is 0 Å². The number of carbonyl (C=O) groups is 4. The zero-order chi connectivity index (χ0) is 27.9. The highest BCUT2D eigenvalue weighted by Gasteiger charge is 2.57. The van der Waals surface area contributed by atoms with Crippen LogP contribution < -0.4 is 16.8 Å². The molecule has 15 heteroatoms. The third-order valence-corrected chi connectivity index (χ3v) is 10.1. The van der Waals surface area contributed by atoms with Crippen molar-refractivity contribution in [3.8, 4) is 12.3 Å². The molecule has 5 aliphatic heterocycles. The number of carboxylic acids is 1. The molecule has 6 heterocycles. The number of β-lactam (4-membered cyclic amide) rings is 1. The molecule has 6 rings (SSSR count). The maximum Gasteiger partial charge on any atom is 0.352 e. The third-order valence-electron chi connectivity index (χ3n) is 8.06. The average molecular weight is 575 g/mol. The number of thioether (sulfide) groups is 1. The van der Waals surface area contributed by atoms with Gasteiger partial charge in [-0.3, -0.25) is 19.3 Å². The molecule has 0 saturated carbocycles. The standard InChI is InChI=1S/C24H27N7O6S2/c1-2-9-37-29-15(14-12-39-23(26)27-14)18(32)28-16-19(33)30-17(21(34)35)13(11-38-20(16)30)10-31-6-3-24(4-7-31,5-8-31)22(25)36/h1,12,16,20H,3-11H2,(H5-,25,26,27,28,32,34,35,36)/p+1/t16-,20+,24?,31?/m1/s1. The number of nitrogen functional groups attached to an aromatic ring is 1. The normalized spacial score (nSPS) is 29.8. The van der Waals surface area contributed by atoms with Crippen LogP contribution in [0.2, 0.25) is 0 Å². The molecule has 3 amide bonds. The summed E-state index contributed by atoms with van der Waals surface area (Å²) in [6.45, 7) is 2.54. The molecular weight excluding hydrogens is 546 g/mol. The first-order chi connectivity index (χ1) is 18.6. The number of oxime groups is 1. The van der Waals surface area contributed by atoms with E-state index in [1.165, 1.54) is 22.0 Å². The van der Waals surface area contributed by atoms with E-state index in [-0.39, 0.29) is 34.7 Å². The van der Waals surface area contributed by atoms with Gasteiger partial charge in [-0.1, -0.05) is 11.1 Å². The second kappa shape index (κ2) is 10.2. The molecule has 4 saturated heterocycles. The van der Waals surface area contributed by atoms with Gasteiger partial charge < -0.3 is 31.2 Å². The van der Waals surface area contributed by atoms with Gasteiger partial charge in [0.05, 0.1) is 25.0 Å².